The molecule has 0 bridgehead atoms. The van der Waals surface area contributed by atoms with Crippen molar-refractivity contribution in [3.05, 3.63) is 65.5 Å². The highest BCUT2D eigenvalue weighted by Gasteiger charge is 2.10. The molecule has 0 atom stereocenters. The van der Waals surface area contributed by atoms with Gasteiger partial charge in [0.1, 0.15) is 18.2 Å². The number of hydrogen-bond donors (Lipinski definition) is 0. The Balaban J connectivity index is 1.48. The Hall–Kier alpha value is -1.87. The van der Waals surface area contributed by atoms with Gasteiger partial charge < -0.3 is 4.74 Å². The van der Waals surface area contributed by atoms with E-state index in [1.54, 1.807) is 0 Å². The third-order valence-electron chi connectivity index (χ3n) is 4.12. The van der Waals surface area contributed by atoms with Gasteiger partial charge in [0.25, 0.3) is 0 Å². The van der Waals surface area contributed by atoms with Crippen LogP contribution in [0.1, 0.15) is 24.0 Å². The summed E-state index contributed by atoms with van der Waals surface area (Å²) in [6, 6.07) is 14.9. The zero-order valence-electron chi connectivity index (χ0n) is 12.8. The Morgan fingerprint density at radius 1 is 0.864 bits per heavy atom. The second-order valence-corrected chi connectivity index (χ2v) is 5.84. The predicted molar refractivity (Wildman–Crippen MR) is 86.8 cm³/mol. The van der Waals surface area contributed by atoms with Crippen LogP contribution in [0.3, 0.4) is 0 Å². The van der Waals surface area contributed by atoms with Crippen LogP contribution in [0.25, 0.3) is 0 Å². The van der Waals surface area contributed by atoms with Crippen LogP contribution in [0.15, 0.2) is 48.5 Å². The van der Waals surface area contributed by atoms with Crippen LogP contribution >= 0.6 is 0 Å². The summed E-state index contributed by atoms with van der Waals surface area (Å²) in [5, 5.41) is 0. The minimum Gasteiger partial charge on any atom is -0.492 e. The summed E-state index contributed by atoms with van der Waals surface area (Å²) in [7, 11) is 0. The zero-order valence-corrected chi connectivity index (χ0v) is 12.8. The molecule has 1 heterocycles. The summed E-state index contributed by atoms with van der Waals surface area (Å²) in [5.41, 5.74) is 2.32. The molecule has 0 radical (unpaired) electrons. The molecular formula is C19H22FNO. The van der Waals surface area contributed by atoms with E-state index in [1.165, 1.54) is 43.6 Å². The van der Waals surface area contributed by atoms with Gasteiger partial charge in [0.15, 0.2) is 0 Å². The Labute approximate surface area is 131 Å². The molecule has 0 aliphatic carbocycles. The number of hydrogen-bond acceptors (Lipinski definition) is 2. The lowest BCUT2D eigenvalue weighted by molar-refractivity contribution is 0.238. The molecule has 1 saturated heterocycles. The molecule has 22 heavy (non-hydrogen) atoms. The molecule has 2 aromatic carbocycles. The molecule has 0 amide bonds. The molecule has 0 spiro atoms. The Bertz CT molecular complexity index is 573. The lowest BCUT2D eigenvalue weighted by atomic mass is 10.1. The molecular weight excluding hydrogens is 277 g/mol. The van der Waals surface area contributed by atoms with Crippen molar-refractivity contribution in [1.29, 1.82) is 0 Å². The van der Waals surface area contributed by atoms with Gasteiger partial charge in [0.2, 0.25) is 0 Å². The van der Waals surface area contributed by atoms with E-state index in [2.05, 4.69) is 17.0 Å². The standard InChI is InChI=1S/C19H22FNO/c20-18-7-3-16(4-8-18)15-17-5-9-19(10-6-17)22-14-13-21-11-1-2-12-21/h3-10H,1-2,11-15H2. The quantitative estimate of drug-likeness (QED) is 0.802. The minimum atomic E-state index is -0.189. The molecule has 2 aromatic rings. The number of halogens is 1. The van der Waals surface area contributed by atoms with Crippen molar-refractivity contribution in [2.75, 3.05) is 26.2 Å². The molecule has 0 unspecified atom stereocenters. The first-order valence-electron chi connectivity index (χ1n) is 7.98. The second-order valence-electron chi connectivity index (χ2n) is 5.84. The Morgan fingerprint density at radius 3 is 2.09 bits per heavy atom. The highest BCUT2D eigenvalue weighted by Crippen LogP contribution is 2.16. The molecule has 2 nitrogen and oxygen atoms in total. The van der Waals surface area contributed by atoms with Gasteiger partial charge in [-0.15, -0.1) is 0 Å². The monoisotopic (exact) mass is 299 g/mol. The van der Waals surface area contributed by atoms with Crippen molar-refractivity contribution in [3.63, 3.8) is 0 Å². The maximum Gasteiger partial charge on any atom is 0.123 e. The van der Waals surface area contributed by atoms with Gasteiger partial charge in [-0.3, -0.25) is 4.90 Å². The van der Waals surface area contributed by atoms with Crippen LogP contribution in [0, 0.1) is 5.82 Å². The van der Waals surface area contributed by atoms with Crippen LogP contribution in [-0.4, -0.2) is 31.1 Å². The summed E-state index contributed by atoms with van der Waals surface area (Å²) >= 11 is 0. The number of ether oxygens (including phenoxy) is 1. The molecule has 3 heteroatoms. The normalized spacial score (nSPS) is 15.1. The van der Waals surface area contributed by atoms with Gasteiger partial charge in [-0.25, -0.2) is 4.39 Å². The second kappa shape index (κ2) is 7.41. The topological polar surface area (TPSA) is 12.5 Å². The number of rotatable bonds is 6. The molecule has 0 N–H and O–H groups in total. The van der Waals surface area contributed by atoms with E-state index in [0.717, 1.165) is 30.9 Å². The average molecular weight is 299 g/mol. The molecule has 0 aromatic heterocycles. The third-order valence-corrected chi connectivity index (χ3v) is 4.12. The fourth-order valence-corrected chi connectivity index (χ4v) is 2.84. The highest BCUT2D eigenvalue weighted by atomic mass is 19.1. The summed E-state index contributed by atoms with van der Waals surface area (Å²) in [6.07, 6.45) is 3.45. The first-order chi connectivity index (χ1) is 10.8. The van der Waals surface area contributed by atoms with Gasteiger partial charge in [-0.1, -0.05) is 24.3 Å². The smallest absolute Gasteiger partial charge is 0.123 e. The number of likely N-dealkylation sites (tertiary alicyclic amines) is 1. The van der Waals surface area contributed by atoms with E-state index < -0.39 is 0 Å². The van der Waals surface area contributed by atoms with Gasteiger partial charge in [-0.05, 0) is 67.7 Å². The molecule has 0 saturated carbocycles. The molecule has 3 rings (SSSR count). The lowest BCUT2D eigenvalue weighted by Crippen LogP contribution is -2.25. The van der Waals surface area contributed by atoms with Gasteiger partial charge >= 0.3 is 0 Å². The Kier molecular flexibility index (Phi) is 5.07. The van der Waals surface area contributed by atoms with Crippen molar-refractivity contribution >= 4 is 0 Å². The number of benzene rings is 2. The van der Waals surface area contributed by atoms with E-state index in [1.807, 2.05) is 24.3 Å². The average Bonchev–Trinajstić information content (AvgIpc) is 3.05. The lowest BCUT2D eigenvalue weighted by Gasteiger charge is -2.15. The van der Waals surface area contributed by atoms with Crippen LogP contribution in [0.2, 0.25) is 0 Å². The van der Waals surface area contributed by atoms with Crippen molar-refractivity contribution < 1.29 is 9.13 Å². The molecule has 1 aliphatic heterocycles. The van der Waals surface area contributed by atoms with Crippen LogP contribution in [0.5, 0.6) is 5.75 Å². The molecule has 1 fully saturated rings. The van der Waals surface area contributed by atoms with Gasteiger partial charge in [0, 0.05) is 6.54 Å². The minimum absolute atomic E-state index is 0.189. The maximum absolute atomic E-state index is 12.9. The first kappa shape index (κ1) is 15.0. The largest absolute Gasteiger partial charge is 0.492 e. The van der Waals surface area contributed by atoms with Crippen LogP contribution in [0.4, 0.5) is 4.39 Å². The predicted octanol–water partition coefficient (Wildman–Crippen LogP) is 3.89. The molecule has 1 aliphatic rings. The van der Waals surface area contributed by atoms with E-state index >= 15 is 0 Å². The van der Waals surface area contributed by atoms with E-state index in [0.29, 0.717) is 0 Å². The third kappa shape index (κ3) is 4.31. The van der Waals surface area contributed by atoms with Crippen molar-refractivity contribution in [2.24, 2.45) is 0 Å². The highest BCUT2D eigenvalue weighted by molar-refractivity contribution is 5.31. The first-order valence-corrected chi connectivity index (χ1v) is 7.98. The molecule has 116 valence electrons. The van der Waals surface area contributed by atoms with Crippen molar-refractivity contribution in [1.82, 2.24) is 4.90 Å². The summed E-state index contributed by atoms with van der Waals surface area (Å²) < 4.78 is 18.7. The van der Waals surface area contributed by atoms with Crippen molar-refractivity contribution in [3.8, 4) is 5.75 Å². The van der Waals surface area contributed by atoms with E-state index in [4.69, 9.17) is 4.74 Å². The summed E-state index contributed by atoms with van der Waals surface area (Å²) in [5.74, 6) is 0.729. The maximum atomic E-state index is 12.9. The Morgan fingerprint density at radius 2 is 1.45 bits per heavy atom. The van der Waals surface area contributed by atoms with E-state index in [9.17, 15) is 4.39 Å². The van der Waals surface area contributed by atoms with Crippen LogP contribution in [-0.2, 0) is 6.42 Å². The SMILES string of the molecule is Fc1ccc(Cc2ccc(OCCN3CCCC3)cc2)cc1. The zero-order chi connectivity index (χ0) is 15.2. The fraction of sp³-hybridized carbons (Fsp3) is 0.368. The van der Waals surface area contributed by atoms with E-state index in [-0.39, 0.29) is 5.82 Å². The number of nitrogens with zero attached hydrogens (tertiary/aromatic N) is 1. The van der Waals surface area contributed by atoms with Crippen molar-refractivity contribution in [2.45, 2.75) is 19.3 Å². The summed E-state index contributed by atoms with van der Waals surface area (Å²) in [6.45, 7) is 4.18. The van der Waals surface area contributed by atoms with Gasteiger partial charge in [0.05, 0.1) is 0 Å². The fourth-order valence-electron chi connectivity index (χ4n) is 2.84. The van der Waals surface area contributed by atoms with Crippen LogP contribution < -0.4 is 4.74 Å². The summed E-state index contributed by atoms with van der Waals surface area (Å²) in [4.78, 5) is 2.45. The van der Waals surface area contributed by atoms with Gasteiger partial charge in [-0.2, -0.15) is 0 Å².